The van der Waals surface area contributed by atoms with E-state index in [2.05, 4.69) is 15.3 Å². The van der Waals surface area contributed by atoms with Crippen molar-refractivity contribution in [3.8, 4) is 0 Å². The zero-order valence-corrected chi connectivity index (χ0v) is 16.0. The van der Waals surface area contributed by atoms with E-state index in [0.29, 0.717) is 30.4 Å². The highest BCUT2D eigenvalue weighted by atomic mass is 35.5. The zero-order chi connectivity index (χ0) is 19.5. The lowest BCUT2D eigenvalue weighted by Crippen LogP contribution is -2.33. The number of hydrogen-bond acceptors (Lipinski definition) is 5. The van der Waals surface area contributed by atoms with Crippen molar-refractivity contribution < 1.29 is 19.4 Å². The summed E-state index contributed by atoms with van der Waals surface area (Å²) in [7, 11) is 0. The first-order valence-corrected chi connectivity index (χ1v) is 8.73. The fraction of sp³-hybridized carbons (Fsp3) is 0.529. The van der Waals surface area contributed by atoms with Crippen LogP contribution in [0.2, 0.25) is 5.28 Å². The van der Waals surface area contributed by atoms with Crippen molar-refractivity contribution in [1.82, 2.24) is 19.9 Å². The smallest absolute Gasteiger partial charge is 0.407 e. The molecule has 0 aliphatic rings. The summed E-state index contributed by atoms with van der Waals surface area (Å²) in [5, 5.41) is 12.9. The maximum absolute atomic E-state index is 11.8. The Balaban J connectivity index is 2.21. The van der Waals surface area contributed by atoms with E-state index >= 15 is 0 Å². The summed E-state index contributed by atoms with van der Waals surface area (Å²) in [4.78, 5) is 31.5. The molecule has 26 heavy (non-hydrogen) atoms. The van der Waals surface area contributed by atoms with E-state index in [1.807, 2.05) is 6.92 Å². The van der Waals surface area contributed by atoms with Crippen LogP contribution in [0.25, 0.3) is 11.0 Å². The van der Waals surface area contributed by atoms with Crippen LogP contribution < -0.4 is 5.32 Å². The summed E-state index contributed by atoms with van der Waals surface area (Å²) >= 11 is 5.88. The minimum atomic E-state index is -1.06. The Labute approximate surface area is 156 Å². The third-order valence-electron chi connectivity index (χ3n) is 3.75. The van der Waals surface area contributed by atoms with Gasteiger partial charge >= 0.3 is 12.1 Å². The van der Waals surface area contributed by atoms with Crippen molar-refractivity contribution in [3.05, 3.63) is 23.2 Å². The maximum Gasteiger partial charge on any atom is 0.407 e. The van der Waals surface area contributed by atoms with Gasteiger partial charge in [-0.1, -0.05) is 6.92 Å². The molecule has 0 spiro atoms. The van der Waals surface area contributed by atoms with Gasteiger partial charge in [0.25, 0.3) is 0 Å². The molecule has 142 valence electrons. The molecule has 1 unspecified atom stereocenters. The highest BCUT2D eigenvalue weighted by Crippen LogP contribution is 2.27. The number of aromatic carboxylic acids is 1. The topological polar surface area (TPSA) is 106 Å². The van der Waals surface area contributed by atoms with Crippen LogP contribution in [0.5, 0.6) is 0 Å². The van der Waals surface area contributed by atoms with Crippen LogP contribution >= 0.6 is 11.6 Å². The third kappa shape index (κ3) is 4.85. The van der Waals surface area contributed by atoms with Gasteiger partial charge in [0, 0.05) is 24.2 Å². The zero-order valence-electron chi connectivity index (χ0n) is 15.2. The van der Waals surface area contributed by atoms with Crippen molar-refractivity contribution in [3.63, 3.8) is 0 Å². The van der Waals surface area contributed by atoms with E-state index in [1.165, 1.54) is 12.3 Å². The Morgan fingerprint density at radius 3 is 2.69 bits per heavy atom. The average Bonchev–Trinajstić information content (AvgIpc) is 2.88. The largest absolute Gasteiger partial charge is 0.477 e. The second kappa shape index (κ2) is 7.90. The van der Waals surface area contributed by atoms with Gasteiger partial charge in [0.1, 0.15) is 16.9 Å². The van der Waals surface area contributed by atoms with Crippen molar-refractivity contribution in [2.45, 2.75) is 52.2 Å². The molecule has 8 nitrogen and oxygen atoms in total. The van der Waals surface area contributed by atoms with Crippen molar-refractivity contribution in [1.29, 1.82) is 0 Å². The number of hydrogen-bond donors (Lipinski definition) is 2. The lowest BCUT2D eigenvalue weighted by Gasteiger charge is -2.22. The second-order valence-corrected chi connectivity index (χ2v) is 7.24. The molecular formula is C17H23ClN4O4. The number of amides is 1. The van der Waals surface area contributed by atoms with Gasteiger partial charge in [-0.2, -0.15) is 4.98 Å². The molecule has 1 amide bonds. The molecule has 0 aliphatic heterocycles. The maximum atomic E-state index is 11.8. The van der Waals surface area contributed by atoms with E-state index in [4.69, 9.17) is 16.3 Å². The van der Waals surface area contributed by atoms with Crippen LogP contribution in [0.4, 0.5) is 4.79 Å². The molecule has 2 aromatic heterocycles. The van der Waals surface area contributed by atoms with Gasteiger partial charge in [-0.3, -0.25) is 0 Å². The minimum Gasteiger partial charge on any atom is -0.477 e. The van der Waals surface area contributed by atoms with Gasteiger partial charge < -0.3 is 19.7 Å². The number of fused-ring (bicyclic) bond motifs is 1. The van der Waals surface area contributed by atoms with Gasteiger partial charge in [0.15, 0.2) is 0 Å². The van der Waals surface area contributed by atoms with Crippen LogP contribution in [0.1, 0.15) is 57.1 Å². The van der Waals surface area contributed by atoms with Crippen LogP contribution in [0.3, 0.4) is 0 Å². The number of halogens is 1. The van der Waals surface area contributed by atoms with E-state index in [-0.39, 0.29) is 17.0 Å². The highest BCUT2D eigenvalue weighted by molar-refractivity contribution is 6.28. The standard InChI is InChI=1S/C17H23ClN4O4/c1-5-11(6-7-19-16(25)26-17(2,3)4)22-12(14(23)24)8-10-9-20-15(18)21-13(10)22/h8-9,11H,5-7H2,1-4H3,(H,19,25)(H,23,24). The van der Waals surface area contributed by atoms with E-state index in [0.717, 1.165) is 0 Å². The number of rotatable bonds is 6. The Kier molecular flexibility index (Phi) is 6.07. The molecule has 2 heterocycles. The summed E-state index contributed by atoms with van der Waals surface area (Å²) in [5.74, 6) is -1.06. The van der Waals surface area contributed by atoms with Crippen LogP contribution in [-0.4, -0.2) is 43.8 Å². The van der Waals surface area contributed by atoms with Gasteiger partial charge in [-0.25, -0.2) is 14.6 Å². The lowest BCUT2D eigenvalue weighted by molar-refractivity contribution is 0.0523. The Morgan fingerprint density at radius 2 is 2.12 bits per heavy atom. The molecule has 0 aromatic carbocycles. The highest BCUT2D eigenvalue weighted by Gasteiger charge is 2.22. The Morgan fingerprint density at radius 1 is 1.42 bits per heavy atom. The van der Waals surface area contributed by atoms with E-state index in [1.54, 1.807) is 25.3 Å². The second-order valence-electron chi connectivity index (χ2n) is 6.90. The molecular weight excluding hydrogens is 360 g/mol. The van der Waals surface area contributed by atoms with E-state index in [9.17, 15) is 14.7 Å². The number of nitrogens with one attached hydrogen (secondary N) is 1. The van der Waals surface area contributed by atoms with Crippen LogP contribution in [0, 0.1) is 0 Å². The molecule has 1 atom stereocenters. The fourth-order valence-corrected chi connectivity index (χ4v) is 2.82. The number of nitrogens with zero attached hydrogens (tertiary/aromatic N) is 3. The number of carboxylic acid groups (broad SMARTS) is 1. The van der Waals surface area contributed by atoms with Crippen molar-refractivity contribution in [2.75, 3.05) is 6.54 Å². The summed E-state index contributed by atoms with van der Waals surface area (Å²) in [5.41, 5.74) is 0.00173. The minimum absolute atomic E-state index is 0.0514. The lowest BCUT2D eigenvalue weighted by atomic mass is 10.1. The van der Waals surface area contributed by atoms with Crippen molar-refractivity contribution >= 4 is 34.7 Å². The predicted molar refractivity (Wildman–Crippen MR) is 97.7 cm³/mol. The molecule has 0 bridgehead atoms. The number of alkyl carbamates (subject to hydrolysis) is 1. The average molecular weight is 383 g/mol. The van der Waals surface area contributed by atoms with Gasteiger partial charge in [-0.15, -0.1) is 0 Å². The van der Waals surface area contributed by atoms with Crippen LogP contribution in [0.15, 0.2) is 12.3 Å². The summed E-state index contributed by atoms with van der Waals surface area (Å²) in [6.07, 6.45) is 2.16. The molecule has 2 aromatic rings. The summed E-state index contributed by atoms with van der Waals surface area (Å²) in [6.45, 7) is 7.64. The number of ether oxygens (including phenoxy) is 1. The van der Waals surface area contributed by atoms with E-state index < -0.39 is 17.7 Å². The Bertz CT molecular complexity index is 813. The van der Waals surface area contributed by atoms with Crippen molar-refractivity contribution in [2.24, 2.45) is 0 Å². The third-order valence-corrected chi connectivity index (χ3v) is 3.93. The normalized spacial score (nSPS) is 12.8. The molecule has 9 heteroatoms. The first-order chi connectivity index (χ1) is 12.1. The molecule has 2 rings (SSSR count). The van der Waals surface area contributed by atoms with Gasteiger partial charge in [0.2, 0.25) is 5.28 Å². The number of carbonyl (C=O) groups excluding carboxylic acids is 1. The molecule has 0 aliphatic carbocycles. The quantitative estimate of drug-likeness (QED) is 0.738. The Hall–Kier alpha value is -2.35. The first-order valence-electron chi connectivity index (χ1n) is 8.36. The number of aromatic nitrogens is 3. The summed E-state index contributed by atoms with van der Waals surface area (Å²) in [6, 6.07) is 1.34. The van der Waals surface area contributed by atoms with Gasteiger partial charge in [-0.05, 0) is 51.3 Å². The number of carboxylic acids is 1. The first kappa shape index (κ1) is 20.0. The molecule has 0 saturated heterocycles. The molecule has 2 N–H and O–H groups in total. The molecule has 0 saturated carbocycles. The monoisotopic (exact) mass is 382 g/mol. The van der Waals surface area contributed by atoms with Gasteiger partial charge in [0.05, 0.1) is 0 Å². The summed E-state index contributed by atoms with van der Waals surface area (Å²) < 4.78 is 6.84. The van der Waals surface area contributed by atoms with Crippen LogP contribution in [-0.2, 0) is 4.74 Å². The molecule has 0 radical (unpaired) electrons. The fourth-order valence-electron chi connectivity index (χ4n) is 2.69. The predicted octanol–water partition coefficient (Wildman–Crippen LogP) is 3.65. The molecule has 0 fully saturated rings. The SMILES string of the molecule is CCC(CCNC(=O)OC(C)(C)C)n1c(C(=O)O)cc2cnc(Cl)nc21. The number of carbonyl (C=O) groups is 2.